The number of hydrogen-bond acceptors (Lipinski definition) is 3. The second-order valence-corrected chi connectivity index (χ2v) is 3.34. The smallest absolute Gasteiger partial charge is 0.288 e. The molecule has 0 heterocycles. The van der Waals surface area contributed by atoms with E-state index >= 15 is 0 Å². The first-order chi connectivity index (χ1) is 4.63. The molecule has 0 amide bonds. The Bertz CT molecular complexity index is 253. The van der Waals surface area contributed by atoms with Crippen molar-refractivity contribution >= 4 is 15.8 Å². The van der Waals surface area contributed by atoms with Crippen LogP contribution in [0.1, 0.15) is 0 Å². The van der Waals surface area contributed by atoms with Gasteiger partial charge in [0.25, 0.3) is 5.78 Å². The highest BCUT2D eigenvalue weighted by Crippen LogP contribution is 2.15. The predicted octanol–water partition coefficient (Wildman–Crippen LogP) is -0.594. The molecule has 2 N–H and O–H groups in total. The van der Waals surface area contributed by atoms with Crippen molar-refractivity contribution in [1.29, 1.82) is 0 Å². The Balaban J connectivity index is 4.35. The van der Waals surface area contributed by atoms with Crippen LogP contribution in [0.3, 0.4) is 0 Å². The van der Waals surface area contributed by atoms with Gasteiger partial charge in [0.1, 0.15) is 5.75 Å². The third-order valence-electron chi connectivity index (χ3n) is 0.648. The summed E-state index contributed by atoms with van der Waals surface area (Å²) in [4.78, 5) is 9.90. The second kappa shape index (κ2) is 2.78. The maximum absolute atomic E-state index is 11.3. The highest BCUT2D eigenvalue weighted by atomic mass is 32.2. The van der Waals surface area contributed by atoms with Crippen LogP contribution in [0, 0.1) is 0 Å². The number of hydrogen-bond donors (Lipinski definition) is 1. The Morgan fingerprint density at radius 3 is 1.82 bits per heavy atom. The summed E-state index contributed by atoms with van der Waals surface area (Å²) in [6.45, 7) is 0. The zero-order valence-corrected chi connectivity index (χ0v) is 5.87. The van der Waals surface area contributed by atoms with Gasteiger partial charge in [-0.3, -0.25) is 4.79 Å². The number of alkyl halides is 3. The molecule has 66 valence electrons. The minimum absolute atomic E-state index is 1.70. The first kappa shape index (κ1) is 10.4. The molecule has 0 aromatic heterocycles. The van der Waals surface area contributed by atoms with Crippen molar-refractivity contribution in [1.82, 2.24) is 0 Å². The fourth-order valence-electron chi connectivity index (χ4n) is 0.265. The molecular formula is C3H4F3NO3S. The van der Waals surface area contributed by atoms with Gasteiger partial charge in [-0.05, 0) is 0 Å². The molecule has 0 fully saturated rings. The number of nitrogens with two attached hydrogens (primary N) is 1. The van der Waals surface area contributed by atoms with Gasteiger partial charge in [0.2, 0.25) is 10.0 Å². The van der Waals surface area contributed by atoms with Gasteiger partial charge in [-0.15, -0.1) is 0 Å². The van der Waals surface area contributed by atoms with E-state index in [0.29, 0.717) is 0 Å². The average Bonchev–Trinajstić information content (AvgIpc) is 1.56. The lowest BCUT2D eigenvalue weighted by Crippen LogP contribution is -2.33. The summed E-state index contributed by atoms with van der Waals surface area (Å²) >= 11 is 0. The van der Waals surface area contributed by atoms with Crippen LogP contribution >= 0.6 is 0 Å². The molecule has 0 bridgehead atoms. The van der Waals surface area contributed by atoms with E-state index in [0.717, 1.165) is 0 Å². The van der Waals surface area contributed by atoms with Crippen LogP contribution in [0.4, 0.5) is 13.2 Å². The largest absolute Gasteiger partial charge is 0.451 e. The van der Waals surface area contributed by atoms with Gasteiger partial charge in [0, 0.05) is 0 Å². The molecule has 8 heteroatoms. The zero-order chi connectivity index (χ0) is 9.28. The van der Waals surface area contributed by atoms with Crippen molar-refractivity contribution in [3.05, 3.63) is 0 Å². The van der Waals surface area contributed by atoms with E-state index in [1.807, 2.05) is 0 Å². The molecule has 0 radical (unpaired) electrons. The third-order valence-corrected chi connectivity index (χ3v) is 1.31. The van der Waals surface area contributed by atoms with Crippen molar-refractivity contribution < 1.29 is 26.4 Å². The van der Waals surface area contributed by atoms with Crippen LogP contribution in [0.5, 0.6) is 0 Å². The van der Waals surface area contributed by atoms with Crippen molar-refractivity contribution in [3.8, 4) is 0 Å². The molecule has 4 nitrogen and oxygen atoms in total. The molecule has 0 aliphatic heterocycles. The summed E-state index contributed by atoms with van der Waals surface area (Å²) in [5, 5.41) is 4.18. The number of carbonyl (C=O) groups excluding carboxylic acids is 1. The number of sulfonamides is 1. The van der Waals surface area contributed by atoms with E-state index in [1.54, 1.807) is 0 Å². The number of Topliss-reactive ketones (excluding diaryl/α,β-unsaturated/α-hetero) is 1. The minimum Gasteiger partial charge on any atom is -0.288 e. The Morgan fingerprint density at radius 1 is 1.36 bits per heavy atom. The Kier molecular flexibility index (Phi) is 2.62. The van der Waals surface area contributed by atoms with E-state index < -0.39 is 27.7 Å². The molecule has 0 saturated heterocycles. The molecule has 11 heavy (non-hydrogen) atoms. The maximum atomic E-state index is 11.3. The standard InChI is InChI=1S/C3H4F3NO3S/c4-3(5,6)2(8)1-11(7,9)10/h1H2,(H2,7,9,10). The average molecular weight is 191 g/mol. The van der Waals surface area contributed by atoms with Gasteiger partial charge in [-0.25, -0.2) is 13.6 Å². The van der Waals surface area contributed by atoms with E-state index in [-0.39, 0.29) is 0 Å². The van der Waals surface area contributed by atoms with E-state index in [9.17, 15) is 26.4 Å². The molecular weight excluding hydrogens is 187 g/mol. The zero-order valence-electron chi connectivity index (χ0n) is 5.05. The normalized spacial score (nSPS) is 13.1. The molecule has 0 unspecified atom stereocenters. The number of carbonyl (C=O) groups is 1. The molecule has 0 spiro atoms. The third kappa shape index (κ3) is 4.73. The first-order valence-electron chi connectivity index (χ1n) is 2.23. The monoisotopic (exact) mass is 191 g/mol. The SMILES string of the molecule is NS(=O)(=O)CC(=O)C(F)(F)F. The van der Waals surface area contributed by atoms with Crippen LogP contribution in [-0.2, 0) is 14.8 Å². The first-order valence-corrected chi connectivity index (χ1v) is 3.95. The van der Waals surface area contributed by atoms with Gasteiger partial charge in [-0.2, -0.15) is 13.2 Å². The Labute approximate surface area is 60.2 Å². The highest BCUT2D eigenvalue weighted by molar-refractivity contribution is 7.89. The molecule has 0 aromatic rings. The number of primary sulfonamides is 1. The number of ketones is 1. The van der Waals surface area contributed by atoms with Crippen LogP contribution in [0.25, 0.3) is 0 Å². The van der Waals surface area contributed by atoms with Crippen molar-refractivity contribution in [2.75, 3.05) is 5.75 Å². The van der Waals surface area contributed by atoms with Gasteiger partial charge in [0.15, 0.2) is 0 Å². The van der Waals surface area contributed by atoms with Gasteiger partial charge in [-0.1, -0.05) is 0 Å². The number of rotatable bonds is 2. The summed E-state index contributed by atoms with van der Waals surface area (Å²) in [7, 11) is -4.38. The fraction of sp³-hybridized carbons (Fsp3) is 0.667. The molecule has 0 aromatic carbocycles. The summed E-state index contributed by atoms with van der Waals surface area (Å²) in [5.74, 6) is -4.06. The van der Waals surface area contributed by atoms with Crippen LogP contribution < -0.4 is 5.14 Å². The lowest BCUT2D eigenvalue weighted by atomic mass is 10.4. The highest BCUT2D eigenvalue weighted by Gasteiger charge is 2.40. The van der Waals surface area contributed by atoms with E-state index in [1.165, 1.54) is 0 Å². The second-order valence-electron chi connectivity index (χ2n) is 1.73. The van der Waals surface area contributed by atoms with E-state index in [4.69, 9.17) is 0 Å². The lowest BCUT2D eigenvalue weighted by molar-refractivity contribution is -0.168. The van der Waals surface area contributed by atoms with Crippen molar-refractivity contribution in [2.45, 2.75) is 6.18 Å². The lowest BCUT2D eigenvalue weighted by Gasteiger charge is -2.01. The Hall–Kier alpha value is -0.630. The van der Waals surface area contributed by atoms with Gasteiger partial charge < -0.3 is 0 Å². The van der Waals surface area contributed by atoms with Crippen molar-refractivity contribution in [3.63, 3.8) is 0 Å². The predicted molar refractivity (Wildman–Crippen MR) is 29.0 cm³/mol. The number of halogens is 3. The summed E-state index contributed by atoms with van der Waals surface area (Å²) in [6.07, 6.45) is -5.13. The maximum Gasteiger partial charge on any atom is 0.451 e. The van der Waals surface area contributed by atoms with Crippen LogP contribution in [0.2, 0.25) is 0 Å². The van der Waals surface area contributed by atoms with Gasteiger partial charge in [0.05, 0.1) is 0 Å². The van der Waals surface area contributed by atoms with E-state index in [2.05, 4.69) is 5.14 Å². The topological polar surface area (TPSA) is 77.2 Å². The quantitative estimate of drug-likeness (QED) is 0.633. The molecule has 0 aliphatic carbocycles. The molecule has 0 aliphatic rings. The molecule has 0 rings (SSSR count). The van der Waals surface area contributed by atoms with Crippen LogP contribution in [-0.4, -0.2) is 26.1 Å². The molecule has 0 saturated carbocycles. The Morgan fingerprint density at radius 2 is 1.73 bits per heavy atom. The summed E-state index contributed by atoms with van der Waals surface area (Å²) in [5.41, 5.74) is 0. The minimum atomic E-state index is -5.13. The summed E-state index contributed by atoms with van der Waals surface area (Å²) < 4.78 is 53.8. The van der Waals surface area contributed by atoms with Crippen molar-refractivity contribution in [2.24, 2.45) is 5.14 Å². The fourth-order valence-corrected chi connectivity index (χ4v) is 0.794. The van der Waals surface area contributed by atoms with Gasteiger partial charge >= 0.3 is 6.18 Å². The molecule has 0 atom stereocenters. The van der Waals surface area contributed by atoms with Crippen LogP contribution in [0.15, 0.2) is 0 Å². The summed E-state index contributed by atoms with van der Waals surface area (Å²) in [6, 6.07) is 0.